The van der Waals surface area contributed by atoms with Gasteiger partial charge in [-0.3, -0.25) is 4.98 Å². The third kappa shape index (κ3) is 2.45. The molecule has 3 heterocycles. The summed E-state index contributed by atoms with van der Waals surface area (Å²) in [6.07, 6.45) is 4.79. The zero-order valence-electron chi connectivity index (χ0n) is 12.6. The van der Waals surface area contributed by atoms with E-state index in [1.54, 1.807) is 18.6 Å². The van der Waals surface area contributed by atoms with Crippen LogP contribution < -0.4 is 4.74 Å². The van der Waals surface area contributed by atoms with E-state index in [4.69, 9.17) is 14.5 Å². The number of hydrogen-bond donors (Lipinski definition) is 0. The lowest BCUT2D eigenvalue weighted by Crippen LogP contribution is -2.18. The molecule has 1 aliphatic heterocycles. The largest absolute Gasteiger partial charge is 0.460 e. The van der Waals surface area contributed by atoms with Crippen LogP contribution in [0.15, 0.2) is 55.0 Å². The fourth-order valence-electron chi connectivity index (χ4n) is 2.63. The minimum absolute atomic E-state index is 0.479. The molecular weight excluding hydrogens is 290 g/mol. The molecule has 1 aromatic carbocycles. The number of hydrogen-bond acceptors (Lipinski definition) is 5. The molecule has 0 saturated heterocycles. The minimum Gasteiger partial charge on any atom is -0.460 e. The Kier molecular flexibility index (Phi) is 3.48. The van der Waals surface area contributed by atoms with Crippen molar-refractivity contribution in [2.24, 2.45) is 0 Å². The van der Waals surface area contributed by atoms with E-state index in [9.17, 15) is 0 Å². The topological polar surface area (TPSA) is 57.1 Å². The summed E-state index contributed by atoms with van der Waals surface area (Å²) in [5.74, 6) is 1.41. The van der Waals surface area contributed by atoms with Gasteiger partial charge in [-0.25, -0.2) is 9.97 Å². The van der Waals surface area contributed by atoms with Crippen LogP contribution in [0, 0.1) is 0 Å². The highest BCUT2D eigenvalue weighted by atomic mass is 16.7. The molecule has 23 heavy (non-hydrogen) atoms. The lowest BCUT2D eigenvalue weighted by Gasteiger charge is -2.27. The Balaban J connectivity index is 1.88. The molecule has 1 aliphatic rings. The van der Waals surface area contributed by atoms with Crippen molar-refractivity contribution in [3.8, 4) is 28.4 Å². The second-order valence-electron chi connectivity index (χ2n) is 5.14. The van der Waals surface area contributed by atoms with E-state index < -0.39 is 6.29 Å². The van der Waals surface area contributed by atoms with E-state index >= 15 is 0 Å². The van der Waals surface area contributed by atoms with Crippen LogP contribution in [-0.2, 0) is 4.74 Å². The second kappa shape index (κ2) is 5.78. The summed E-state index contributed by atoms with van der Waals surface area (Å²) < 4.78 is 11.6. The maximum atomic E-state index is 5.93. The standard InChI is InChI=1S/C18H15N3O2/c1-2-22-18-14-11-20-17(12-6-5-9-19-10-12)21-16(14)13-7-3-4-8-15(13)23-18/h3-11,18H,2H2,1H3. The van der Waals surface area contributed by atoms with Gasteiger partial charge in [0.1, 0.15) is 5.75 Å². The molecule has 4 rings (SSSR count). The predicted molar refractivity (Wildman–Crippen MR) is 85.7 cm³/mol. The first-order valence-corrected chi connectivity index (χ1v) is 7.52. The number of fused-ring (bicyclic) bond motifs is 3. The summed E-state index contributed by atoms with van der Waals surface area (Å²) in [5.41, 5.74) is 3.52. The molecule has 0 radical (unpaired) electrons. The number of rotatable bonds is 3. The molecule has 114 valence electrons. The Morgan fingerprint density at radius 1 is 1.13 bits per heavy atom. The van der Waals surface area contributed by atoms with Crippen LogP contribution in [0.1, 0.15) is 18.8 Å². The first-order chi connectivity index (χ1) is 11.4. The Bertz CT molecular complexity index is 837. The van der Waals surface area contributed by atoms with Gasteiger partial charge in [0.15, 0.2) is 5.82 Å². The van der Waals surface area contributed by atoms with Crippen molar-refractivity contribution in [1.29, 1.82) is 0 Å². The summed E-state index contributed by atoms with van der Waals surface area (Å²) in [6.45, 7) is 2.49. The van der Waals surface area contributed by atoms with Crippen molar-refractivity contribution in [3.63, 3.8) is 0 Å². The molecule has 0 spiro atoms. The van der Waals surface area contributed by atoms with Gasteiger partial charge in [0.05, 0.1) is 11.3 Å². The molecule has 0 saturated carbocycles. The van der Waals surface area contributed by atoms with E-state index in [0.717, 1.165) is 28.1 Å². The molecule has 1 unspecified atom stereocenters. The molecule has 0 aliphatic carbocycles. The number of pyridine rings is 1. The van der Waals surface area contributed by atoms with Gasteiger partial charge in [-0.1, -0.05) is 12.1 Å². The molecule has 1 atom stereocenters. The average molecular weight is 305 g/mol. The van der Waals surface area contributed by atoms with E-state index in [1.165, 1.54) is 0 Å². The smallest absolute Gasteiger partial charge is 0.230 e. The Labute approximate surface area is 134 Å². The predicted octanol–water partition coefficient (Wildman–Crippen LogP) is 3.63. The fourth-order valence-corrected chi connectivity index (χ4v) is 2.63. The molecule has 3 aromatic rings. The zero-order chi connectivity index (χ0) is 15.6. The van der Waals surface area contributed by atoms with Crippen molar-refractivity contribution < 1.29 is 9.47 Å². The quantitative estimate of drug-likeness (QED) is 0.739. The van der Waals surface area contributed by atoms with Gasteiger partial charge in [0.25, 0.3) is 0 Å². The highest BCUT2D eigenvalue weighted by Gasteiger charge is 2.28. The zero-order valence-corrected chi connectivity index (χ0v) is 12.6. The summed E-state index contributed by atoms with van der Waals surface area (Å²) in [5, 5.41) is 0. The van der Waals surface area contributed by atoms with Gasteiger partial charge in [-0.15, -0.1) is 0 Å². The number of nitrogens with zero attached hydrogens (tertiary/aromatic N) is 3. The maximum absolute atomic E-state index is 5.93. The normalized spacial score (nSPS) is 15.4. The Morgan fingerprint density at radius 2 is 2.04 bits per heavy atom. The molecule has 5 nitrogen and oxygen atoms in total. The maximum Gasteiger partial charge on any atom is 0.230 e. The molecule has 0 amide bonds. The van der Waals surface area contributed by atoms with Crippen molar-refractivity contribution in [3.05, 3.63) is 60.6 Å². The highest BCUT2D eigenvalue weighted by molar-refractivity contribution is 5.73. The van der Waals surface area contributed by atoms with Gasteiger partial charge < -0.3 is 9.47 Å². The summed E-state index contributed by atoms with van der Waals surface area (Å²) in [7, 11) is 0. The lowest BCUT2D eigenvalue weighted by molar-refractivity contribution is -0.0805. The SMILES string of the molecule is CCOC1Oc2ccccc2-c2nc(-c3cccnc3)ncc21. The van der Waals surface area contributed by atoms with Gasteiger partial charge in [0.2, 0.25) is 6.29 Å². The van der Waals surface area contributed by atoms with Crippen LogP contribution in [0.4, 0.5) is 0 Å². The molecule has 2 aromatic heterocycles. The molecule has 5 heteroatoms. The van der Waals surface area contributed by atoms with Crippen molar-refractivity contribution in [1.82, 2.24) is 15.0 Å². The number of para-hydroxylation sites is 1. The van der Waals surface area contributed by atoms with Gasteiger partial charge in [-0.05, 0) is 31.2 Å². The van der Waals surface area contributed by atoms with E-state index in [0.29, 0.717) is 12.4 Å². The van der Waals surface area contributed by atoms with Crippen LogP contribution in [0.3, 0.4) is 0 Å². The molecule has 0 fully saturated rings. The van der Waals surface area contributed by atoms with E-state index in [-0.39, 0.29) is 0 Å². The lowest BCUT2D eigenvalue weighted by atomic mass is 10.0. The van der Waals surface area contributed by atoms with Gasteiger partial charge in [-0.2, -0.15) is 0 Å². The van der Waals surface area contributed by atoms with Crippen LogP contribution in [0.25, 0.3) is 22.6 Å². The Hall–Kier alpha value is -2.79. The fraction of sp³-hybridized carbons (Fsp3) is 0.167. The van der Waals surface area contributed by atoms with Crippen molar-refractivity contribution >= 4 is 0 Å². The first-order valence-electron chi connectivity index (χ1n) is 7.52. The van der Waals surface area contributed by atoms with Crippen LogP contribution in [0.5, 0.6) is 5.75 Å². The van der Waals surface area contributed by atoms with E-state index in [2.05, 4.69) is 9.97 Å². The average Bonchev–Trinajstić information content (AvgIpc) is 2.62. The van der Waals surface area contributed by atoms with Gasteiger partial charge in [0, 0.05) is 36.3 Å². The van der Waals surface area contributed by atoms with Crippen molar-refractivity contribution in [2.45, 2.75) is 13.2 Å². The highest BCUT2D eigenvalue weighted by Crippen LogP contribution is 2.41. The number of ether oxygens (including phenoxy) is 2. The minimum atomic E-state index is -0.479. The van der Waals surface area contributed by atoms with Crippen LogP contribution in [-0.4, -0.2) is 21.6 Å². The van der Waals surface area contributed by atoms with Crippen molar-refractivity contribution in [2.75, 3.05) is 6.61 Å². The monoisotopic (exact) mass is 305 g/mol. The van der Waals surface area contributed by atoms with E-state index in [1.807, 2.05) is 43.3 Å². The van der Waals surface area contributed by atoms with Gasteiger partial charge >= 0.3 is 0 Å². The summed E-state index contributed by atoms with van der Waals surface area (Å²) in [4.78, 5) is 13.3. The van der Waals surface area contributed by atoms with Crippen LogP contribution in [0.2, 0.25) is 0 Å². The Morgan fingerprint density at radius 3 is 2.87 bits per heavy atom. The molecule has 0 bridgehead atoms. The second-order valence-corrected chi connectivity index (χ2v) is 5.14. The first kappa shape index (κ1) is 13.8. The molecule has 0 N–H and O–H groups in total. The van der Waals surface area contributed by atoms with Crippen LogP contribution >= 0.6 is 0 Å². The summed E-state index contributed by atoms with van der Waals surface area (Å²) >= 11 is 0. The third-order valence-corrected chi connectivity index (χ3v) is 3.68. The third-order valence-electron chi connectivity index (χ3n) is 3.68. The number of benzene rings is 1. The summed E-state index contributed by atoms with van der Waals surface area (Å²) in [6, 6.07) is 11.7. The number of aromatic nitrogens is 3. The molecular formula is C18H15N3O2.